The van der Waals surface area contributed by atoms with Crippen LogP contribution < -0.4 is 5.32 Å². The average molecular weight is 207 g/mol. The summed E-state index contributed by atoms with van der Waals surface area (Å²) >= 11 is 0. The maximum atomic E-state index is 12.8. The second-order valence-corrected chi connectivity index (χ2v) is 4.01. The largest absolute Gasteiger partial charge is 0.313 e. The lowest BCUT2D eigenvalue weighted by molar-refractivity contribution is 0.577. The van der Waals surface area contributed by atoms with Crippen LogP contribution in [0.2, 0.25) is 0 Å². The Bertz CT molecular complexity index is 318. The van der Waals surface area contributed by atoms with Gasteiger partial charge in [0.1, 0.15) is 5.82 Å². The van der Waals surface area contributed by atoms with E-state index in [0.29, 0.717) is 5.92 Å². The predicted octanol–water partition coefficient (Wildman–Crippen LogP) is 3.08. The van der Waals surface area contributed by atoms with Crippen LogP contribution >= 0.6 is 0 Å². The Labute approximate surface area is 91.0 Å². The molecular weight excluding hydrogens is 189 g/mol. The molecule has 0 saturated heterocycles. The first kappa shape index (κ1) is 11.9. The molecule has 1 aromatic carbocycles. The van der Waals surface area contributed by atoms with Crippen LogP contribution in [0.25, 0.3) is 6.08 Å². The maximum absolute atomic E-state index is 12.8. The van der Waals surface area contributed by atoms with E-state index in [4.69, 9.17) is 0 Å². The van der Waals surface area contributed by atoms with E-state index in [1.165, 1.54) is 12.1 Å². The molecule has 1 aromatic rings. The molecule has 0 saturated carbocycles. The first-order valence-corrected chi connectivity index (χ1v) is 5.31. The van der Waals surface area contributed by atoms with Crippen LogP contribution in [-0.2, 0) is 0 Å². The van der Waals surface area contributed by atoms with Crippen molar-refractivity contribution in [1.82, 2.24) is 5.32 Å². The molecule has 0 aliphatic rings. The van der Waals surface area contributed by atoms with Crippen LogP contribution in [0.4, 0.5) is 4.39 Å². The van der Waals surface area contributed by atoms with Crippen molar-refractivity contribution >= 4 is 6.08 Å². The van der Waals surface area contributed by atoms with Crippen LogP contribution in [0.15, 0.2) is 30.3 Å². The third-order valence-electron chi connectivity index (χ3n) is 1.97. The zero-order valence-electron chi connectivity index (χ0n) is 9.33. The second kappa shape index (κ2) is 6.36. The summed E-state index contributed by atoms with van der Waals surface area (Å²) in [5.41, 5.74) is 0.904. The quantitative estimate of drug-likeness (QED) is 0.732. The molecule has 0 atom stereocenters. The van der Waals surface area contributed by atoms with Crippen molar-refractivity contribution in [2.75, 3.05) is 13.1 Å². The maximum Gasteiger partial charge on any atom is 0.123 e. The molecule has 0 heterocycles. The van der Waals surface area contributed by atoms with Crippen molar-refractivity contribution in [3.05, 3.63) is 41.7 Å². The van der Waals surface area contributed by atoms with E-state index in [1.54, 1.807) is 6.07 Å². The molecule has 2 heteroatoms. The highest BCUT2D eigenvalue weighted by Crippen LogP contribution is 2.04. The summed E-state index contributed by atoms with van der Waals surface area (Å²) in [6.45, 7) is 6.18. The van der Waals surface area contributed by atoms with Crippen LogP contribution in [0.3, 0.4) is 0 Å². The fourth-order valence-corrected chi connectivity index (χ4v) is 1.26. The molecule has 0 fully saturated rings. The van der Waals surface area contributed by atoms with E-state index in [2.05, 4.69) is 19.2 Å². The van der Waals surface area contributed by atoms with E-state index >= 15 is 0 Å². The zero-order chi connectivity index (χ0) is 11.1. The molecule has 0 spiro atoms. The van der Waals surface area contributed by atoms with E-state index in [0.717, 1.165) is 18.7 Å². The van der Waals surface area contributed by atoms with Crippen LogP contribution in [0.5, 0.6) is 0 Å². The molecule has 0 radical (unpaired) electrons. The van der Waals surface area contributed by atoms with Crippen molar-refractivity contribution in [2.24, 2.45) is 5.92 Å². The second-order valence-electron chi connectivity index (χ2n) is 4.01. The molecule has 82 valence electrons. The van der Waals surface area contributed by atoms with Gasteiger partial charge in [0.25, 0.3) is 0 Å². The average Bonchev–Trinajstić information content (AvgIpc) is 2.17. The number of halogens is 1. The molecule has 15 heavy (non-hydrogen) atoms. The van der Waals surface area contributed by atoms with Gasteiger partial charge in [-0.25, -0.2) is 4.39 Å². The van der Waals surface area contributed by atoms with Crippen molar-refractivity contribution in [2.45, 2.75) is 13.8 Å². The Morgan fingerprint density at radius 2 is 2.20 bits per heavy atom. The van der Waals surface area contributed by atoms with Crippen molar-refractivity contribution < 1.29 is 4.39 Å². The summed E-state index contributed by atoms with van der Waals surface area (Å²) in [4.78, 5) is 0. The molecular formula is C13H18FN. The molecule has 1 nitrogen and oxygen atoms in total. The first-order chi connectivity index (χ1) is 7.18. The minimum atomic E-state index is -0.188. The van der Waals surface area contributed by atoms with Crippen LogP contribution in [0, 0.1) is 11.7 Å². The van der Waals surface area contributed by atoms with Crippen molar-refractivity contribution in [3.8, 4) is 0 Å². The SMILES string of the molecule is CC(C)CNCC=Cc1cccc(F)c1. The number of benzene rings is 1. The Morgan fingerprint density at radius 3 is 2.87 bits per heavy atom. The van der Waals surface area contributed by atoms with Gasteiger partial charge < -0.3 is 5.32 Å². The van der Waals surface area contributed by atoms with E-state index in [-0.39, 0.29) is 5.82 Å². The van der Waals surface area contributed by atoms with Gasteiger partial charge in [0.05, 0.1) is 0 Å². The zero-order valence-corrected chi connectivity index (χ0v) is 9.33. The number of hydrogen-bond donors (Lipinski definition) is 1. The van der Waals surface area contributed by atoms with Crippen LogP contribution in [-0.4, -0.2) is 13.1 Å². The monoisotopic (exact) mass is 207 g/mol. The third-order valence-corrected chi connectivity index (χ3v) is 1.97. The lowest BCUT2D eigenvalue weighted by atomic mass is 10.2. The number of hydrogen-bond acceptors (Lipinski definition) is 1. The Morgan fingerprint density at radius 1 is 1.40 bits per heavy atom. The van der Waals surface area contributed by atoms with Gasteiger partial charge in [-0.2, -0.15) is 0 Å². The van der Waals surface area contributed by atoms with Crippen LogP contribution in [0.1, 0.15) is 19.4 Å². The number of rotatable bonds is 5. The fourth-order valence-electron chi connectivity index (χ4n) is 1.26. The van der Waals surface area contributed by atoms with Crippen molar-refractivity contribution in [3.63, 3.8) is 0 Å². The first-order valence-electron chi connectivity index (χ1n) is 5.31. The highest BCUT2D eigenvalue weighted by atomic mass is 19.1. The minimum absolute atomic E-state index is 0.188. The highest BCUT2D eigenvalue weighted by Gasteiger charge is 1.91. The standard InChI is InChI=1S/C13H18FN/c1-11(2)10-15-8-4-6-12-5-3-7-13(14)9-12/h3-7,9,11,15H,8,10H2,1-2H3. The van der Waals surface area contributed by atoms with Gasteiger partial charge in [0.2, 0.25) is 0 Å². The summed E-state index contributed by atoms with van der Waals surface area (Å²) in [5.74, 6) is 0.472. The smallest absolute Gasteiger partial charge is 0.123 e. The topological polar surface area (TPSA) is 12.0 Å². The Balaban J connectivity index is 2.32. The van der Waals surface area contributed by atoms with Gasteiger partial charge in [-0.3, -0.25) is 0 Å². The van der Waals surface area contributed by atoms with Gasteiger partial charge in [-0.1, -0.05) is 38.1 Å². The van der Waals surface area contributed by atoms with E-state index in [9.17, 15) is 4.39 Å². The summed E-state index contributed by atoms with van der Waals surface area (Å²) < 4.78 is 12.8. The predicted molar refractivity (Wildman–Crippen MR) is 63.1 cm³/mol. The summed E-state index contributed by atoms with van der Waals surface area (Å²) in [7, 11) is 0. The molecule has 0 aromatic heterocycles. The normalized spacial score (nSPS) is 11.5. The Hall–Kier alpha value is -1.15. The third kappa shape index (κ3) is 5.33. The lowest BCUT2D eigenvalue weighted by Gasteiger charge is -2.03. The molecule has 0 aliphatic carbocycles. The summed E-state index contributed by atoms with van der Waals surface area (Å²) in [6.07, 6.45) is 3.94. The minimum Gasteiger partial charge on any atom is -0.313 e. The van der Waals surface area contributed by atoms with Gasteiger partial charge in [0, 0.05) is 6.54 Å². The molecule has 0 amide bonds. The van der Waals surface area contributed by atoms with Crippen molar-refractivity contribution in [1.29, 1.82) is 0 Å². The Kier molecular flexibility index (Phi) is 5.05. The fraction of sp³-hybridized carbons (Fsp3) is 0.385. The number of nitrogens with one attached hydrogen (secondary N) is 1. The molecule has 1 N–H and O–H groups in total. The van der Waals surface area contributed by atoms with Gasteiger partial charge in [-0.15, -0.1) is 0 Å². The van der Waals surface area contributed by atoms with Gasteiger partial charge in [0.15, 0.2) is 0 Å². The summed E-state index contributed by atoms with van der Waals surface area (Å²) in [6, 6.07) is 6.59. The van der Waals surface area contributed by atoms with Gasteiger partial charge >= 0.3 is 0 Å². The molecule has 0 aliphatic heterocycles. The van der Waals surface area contributed by atoms with E-state index < -0.39 is 0 Å². The summed E-state index contributed by atoms with van der Waals surface area (Å²) in [5, 5.41) is 3.29. The molecule has 1 rings (SSSR count). The molecule has 0 unspecified atom stereocenters. The van der Waals surface area contributed by atoms with E-state index in [1.807, 2.05) is 18.2 Å². The lowest BCUT2D eigenvalue weighted by Crippen LogP contribution is -2.19. The molecule has 0 bridgehead atoms. The van der Waals surface area contributed by atoms with Gasteiger partial charge in [-0.05, 0) is 30.2 Å². The highest BCUT2D eigenvalue weighted by molar-refractivity contribution is 5.49.